The first-order valence-corrected chi connectivity index (χ1v) is 8.22. The molecule has 6 heteroatoms. The molecule has 0 bridgehead atoms. The van der Waals surface area contributed by atoms with Crippen molar-refractivity contribution in [2.45, 2.75) is 19.9 Å². The number of carbonyl (C=O) groups is 1. The van der Waals surface area contributed by atoms with E-state index < -0.39 is 0 Å². The normalized spacial score (nSPS) is 20.8. The number of esters is 1. The van der Waals surface area contributed by atoms with E-state index >= 15 is 0 Å². The van der Waals surface area contributed by atoms with Crippen LogP contribution < -0.4 is 0 Å². The third-order valence-corrected chi connectivity index (χ3v) is 4.70. The largest absolute Gasteiger partial charge is 0.463 e. The van der Waals surface area contributed by atoms with E-state index in [9.17, 15) is 9.18 Å². The van der Waals surface area contributed by atoms with E-state index in [0.717, 1.165) is 23.0 Å². The van der Waals surface area contributed by atoms with Crippen molar-refractivity contribution in [1.82, 2.24) is 4.90 Å². The van der Waals surface area contributed by atoms with Crippen LogP contribution in [0.3, 0.4) is 0 Å². The van der Waals surface area contributed by atoms with Crippen LogP contribution in [0.5, 0.6) is 0 Å². The third-order valence-electron chi connectivity index (χ3n) is 3.73. The van der Waals surface area contributed by atoms with Crippen LogP contribution in [0.15, 0.2) is 40.5 Å². The Morgan fingerprint density at radius 1 is 1.45 bits per heavy atom. The fourth-order valence-electron chi connectivity index (χ4n) is 2.77. The molecule has 4 nitrogen and oxygen atoms in total. The molecule has 1 saturated heterocycles. The molecule has 2 aliphatic rings. The monoisotopic (exact) mass is 320 g/mol. The highest BCUT2D eigenvalue weighted by molar-refractivity contribution is 8.14. The summed E-state index contributed by atoms with van der Waals surface area (Å²) in [5.41, 5.74) is 2.09. The predicted molar refractivity (Wildman–Crippen MR) is 85.1 cm³/mol. The minimum Gasteiger partial charge on any atom is -0.463 e. The lowest BCUT2D eigenvalue weighted by Crippen LogP contribution is -2.36. The summed E-state index contributed by atoms with van der Waals surface area (Å²) in [5.74, 6) is 0.288. The highest BCUT2D eigenvalue weighted by Crippen LogP contribution is 2.40. The molecular formula is C16H17FN2O2S. The molecule has 0 aromatic heterocycles. The zero-order valence-electron chi connectivity index (χ0n) is 12.5. The van der Waals surface area contributed by atoms with Crippen molar-refractivity contribution in [3.8, 4) is 0 Å². The van der Waals surface area contributed by atoms with Gasteiger partial charge in [-0.1, -0.05) is 23.9 Å². The summed E-state index contributed by atoms with van der Waals surface area (Å²) in [6.07, 6.45) is 0. The highest BCUT2D eigenvalue weighted by Gasteiger charge is 2.38. The second-order valence-electron chi connectivity index (χ2n) is 5.11. The minimum atomic E-state index is -0.353. The van der Waals surface area contributed by atoms with Crippen molar-refractivity contribution in [2.75, 3.05) is 18.9 Å². The number of rotatable bonds is 3. The van der Waals surface area contributed by atoms with Gasteiger partial charge < -0.3 is 9.64 Å². The van der Waals surface area contributed by atoms with E-state index in [2.05, 4.69) is 9.89 Å². The minimum absolute atomic E-state index is 0.262. The van der Waals surface area contributed by atoms with E-state index in [1.54, 1.807) is 30.8 Å². The number of ether oxygens (including phenoxy) is 1. The fraction of sp³-hybridized carbons (Fsp3) is 0.375. The molecule has 2 aliphatic heterocycles. The molecule has 2 heterocycles. The van der Waals surface area contributed by atoms with Gasteiger partial charge in [0.2, 0.25) is 0 Å². The van der Waals surface area contributed by atoms with Crippen molar-refractivity contribution in [3.05, 3.63) is 46.9 Å². The second kappa shape index (κ2) is 6.12. The smallest absolute Gasteiger partial charge is 0.338 e. The Kier molecular flexibility index (Phi) is 4.20. The van der Waals surface area contributed by atoms with Crippen LogP contribution in [-0.4, -0.2) is 34.9 Å². The zero-order chi connectivity index (χ0) is 15.7. The SMILES string of the molecule is CCOC(=O)C1=C(C)N=C2SCCN2C1c1ccc(F)cc1. The van der Waals surface area contributed by atoms with Gasteiger partial charge in [-0.15, -0.1) is 0 Å². The van der Waals surface area contributed by atoms with Crippen molar-refractivity contribution < 1.29 is 13.9 Å². The lowest BCUT2D eigenvalue weighted by Gasteiger charge is -2.34. The molecule has 0 amide bonds. The number of hydrogen-bond donors (Lipinski definition) is 0. The Balaban J connectivity index is 2.07. The maximum atomic E-state index is 13.2. The van der Waals surface area contributed by atoms with Crippen molar-refractivity contribution in [2.24, 2.45) is 4.99 Å². The van der Waals surface area contributed by atoms with Crippen LogP contribution in [0.4, 0.5) is 4.39 Å². The molecule has 1 aromatic rings. The van der Waals surface area contributed by atoms with Crippen LogP contribution in [-0.2, 0) is 9.53 Å². The van der Waals surface area contributed by atoms with Crippen molar-refractivity contribution in [1.29, 1.82) is 0 Å². The fourth-order valence-corrected chi connectivity index (χ4v) is 3.80. The Hall–Kier alpha value is -1.82. The first-order valence-electron chi connectivity index (χ1n) is 7.23. The first-order chi connectivity index (χ1) is 10.6. The molecular weight excluding hydrogens is 303 g/mol. The molecule has 0 spiro atoms. The Labute approximate surface area is 133 Å². The summed E-state index contributed by atoms with van der Waals surface area (Å²) < 4.78 is 18.4. The summed E-state index contributed by atoms with van der Waals surface area (Å²) >= 11 is 1.67. The molecule has 3 rings (SSSR count). The van der Waals surface area contributed by atoms with Crippen molar-refractivity contribution >= 4 is 22.9 Å². The van der Waals surface area contributed by atoms with Gasteiger partial charge in [0, 0.05) is 12.3 Å². The van der Waals surface area contributed by atoms with Gasteiger partial charge in [-0.2, -0.15) is 0 Å². The summed E-state index contributed by atoms with van der Waals surface area (Å²) in [6.45, 7) is 4.73. The average molecular weight is 320 g/mol. The van der Waals surface area contributed by atoms with E-state index in [-0.39, 0.29) is 17.8 Å². The van der Waals surface area contributed by atoms with Gasteiger partial charge in [0.15, 0.2) is 5.17 Å². The number of amidine groups is 1. The Morgan fingerprint density at radius 3 is 2.86 bits per heavy atom. The van der Waals surface area contributed by atoms with E-state index in [4.69, 9.17) is 4.74 Å². The lowest BCUT2D eigenvalue weighted by atomic mass is 9.94. The van der Waals surface area contributed by atoms with Crippen LogP contribution in [0.1, 0.15) is 25.5 Å². The summed E-state index contributed by atoms with van der Waals surface area (Å²) in [7, 11) is 0. The Bertz CT molecular complexity index is 655. The molecule has 0 N–H and O–H groups in total. The van der Waals surface area contributed by atoms with Gasteiger partial charge >= 0.3 is 5.97 Å². The molecule has 116 valence electrons. The number of hydrogen-bond acceptors (Lipinski definition) is 5. The summed E-state index contributed by atoms with van der Waals surface area (Å²) in [4.78, 5) is 19.0. The van der Waals surface area contributed by atoms with Gasteiger partial charge in [0.05, 0.1) is 23.9 Å². The lowest BCUT2D eigenvalue weighted by molar-refractivity contribution is -0.139. The number of thioether (sulfide) groups is 1. The molecule has 1 unspecified atom stereocenters. The first kappa shape index (κ1) is 15.1. The maximum absolute atomic E-state index is 13.2. The Morgan fingerprint density at radius 2 is 2.18 bits per heavy atom. The zero-order valence-corrected chi connectivity index (χ0v) is 13.3. The van der Waals surface area contributed by atoms with Gasteiger partial charge in [0.25, 0.3) is 0 Å². The molecule has 0 radical (unpaired) electrons. The molecule has 1 atom stereocenters. The standard InChI is InChI=1S/C16H17FN2O2S/c1-3-21-15(20)13-10(2)18-16-19(8-9-22-16)14(13)11-4-6-12(17)7-5-11/h4-7,14H,3,8-9H2,1-2H3. The third kappa shape index (κ3) is 2.63. The number of benzene rings is 1. The predicted octanol–water partition coefficient (Wildman–Crippen LogP) is 3.12. The van der Waals surface area contributed by atoms with Crippen LogP contribution in [0.2, 0.25) is 0 Å². The van der Waals surface area contributed by atoms with Crippen LogP contribution in [0.25, 0.3) is 0 Å². The molecule has 0 saturated carbocycles. The van der Waals surface area contributed by atoms with Gasteiger partial charge in [-0.25, -0.2) is 14.2 Å². The highest BCUT2D eigenvalue weighted by atomic mass is 32.2. The number of fused-ring (bicyclic) bond motifs is 1. The molecule has 22 heavy (non-hydrogen) atoms. The van der Waals surface area contributed by atoms with Gasteiger partial charge in [-0.05, 0) is 31.5 Å². The number of halogens is 1. The molecule has 1 fully saturated rings. The topological polar surface area (TPSA) is 41.9 Å². The molecule has 0 aliphatic carbocycles. The van der Waals surface area contributed by atoms with Gasteiger partial charge in [-0.3, -0.25) is 0 Å². The number of nitrogens with zero attached hydrogens (tertiary/aromatic N) is 2. The van der Waals surface area contributed by atoms with E-state index in [0.29, 0.717) is 17.9 Å². The van der Waals surface area contributed by atoms with Crippen molar-refractivity contribution in [3.63, 3.8) is 0 Å². The average Bonchev–Trinajstić information content (AvgIpc) is 2.94. The molecule has 1 aromatic carbocycles. The van der Waals surface area contributed by atoms with E-state index in [1.165, 1.54) is 12.1 Å². The summed E-state index contributed by atoms with van der Waals surface area (Å²) in [6, 6.07) is 6.02. The number of aliphatic imine (C=N–C) groups is 1. The van der Waals surface area contributed by atoms with Gasteiger partial charge in [0.1, 0.15) is 5.82 Å². The van der Waals surface area contributed by atoms with E-state index in [1.807, 2.05) is 6.92 Å². The quantitative estimate of drug-likeness (QED) is 0.803. The van der Waals surface area contributed by atoms with Crippen LogP contribution in [0, 0.1) is 5.82 Å². The summed E-state index contributed by atoms with van der Waals surface area (Å²) in [5, 5.41) is 0.917. The van der Waals surface area contributed by atoms with Crippen LogP contribution >= 0.6 is 11.8 Å². The second-order valence-corrected chi connectivity index (χ2v) is 6.17. The maximum Gasteiger partial charge on any atom is 0.338 e. The number of allylic oxidation sites excluding steroid dienone is 1. The number of carbonyl (C=O) groups excluding carboxylic acids is 1.